The summed E-state index contributed by atoms with van der Waals surface area (Å²) in [5.41, 5.74) is -0.343. The molecule has 0 spiro atoms. The smallest absolute Gasteiger partial charge is 0.302 e. The predicted octanol–water partition coefficient (Wildman–Crippen LogP) is 1.14. The maximum atomic E-state index is 10.9. The molecule has 1 N–H and O–H groups in total. The van der Waals surface area contributed by atoms with Crippen LogP contribution in [0.25, 0.3) is 0 Å². The van der Waals surface area contributed by atoms with Gasteiger partial charge in [-0.1, -0.05) is 6.92 Å². The van der Waals surface area contributed by atoms with Gasteiger partial charge in [-0.05, 0) is 24.7 Å². The Balaban J connectivity index is 2.69. The molecule has 0 aromatic heterocycles. The fraction of sp³-hybridized carbons (Fsp3) is 0.846. The van der Waals surface area contributed by atoms with E-state index >= 15 is 0 Å². The summed E-state index contributed by atoms with van der Waals surface area (Å²) >= 11 is 0. The van der Waals surface area contributed by atoms with E-state index in [4.69, 9.17) is 9.47 Å². The first-order chi connectivity index (χ1) is 8.38. The standard InChI is InChI=1S/C13H22O5/c1-9-4-13(5-12(9)6-14,7-17-10(2)15)8-18-11(3)16/h9,12,14H,4-8H2,1-3H3/t9-,12+/m1/s1. The van der Waals surface area contributed by atoms with E-state index in [0.29, 0.717) is 12.3 Å². The average Bonchev–Trinajstić information content (AvgIpc) is 2.62. The lowest BCUT2D eigenvalue weighted by molar-refractivity contribution is -0.151. The summed E-state index contributed by atoms with van der Waals surface area (Å²) in [7, 11) is 0. The lowest BCUT2D eigenvalue weighted by Crippen LogP contribution is -2.32. The molecule has 2 atom stereocenters. The lowest BCUT2D eigenvalue weighted by Gasteiger charge is -2.28. The number of carbonyl (C=O) groups is 2. The molecule has 0 saturated heterocycles. The molecule has 0 aliphatic heterocycles. The Bertz CT molecular complexity index is 295. The number of rotatable bonds is 5. The van der Waals surface area contributed by atoms with Crippen molar-refractivity contribution < 1.29 is 24.2 Å². The van der Waals surface area contributed by atoms with Crippen LogP contribution in [0.5, 0.6) is 0 Å². The van der Waals surface area contributed by atoms with Crippen molar-refractivity contribution in [2.24, 2.45) is 17.3 Å². The second-order valence-electron chi connectivity index (χ2n) is 5.39. The Morgan fingerprint density at radius 1 is 1.17 bits per heavy atom. The van der Waals surface area contributed by atoms with Gasteiger partial charge in [-0.25, -0.2) is 0 Å². The number of hydrogen-bond acceptors (Lipinski definition) is 5. The van der Waals surface area contributed by atoms with Crippen molar-refractivity contribution in [2.75, 3.05) is 19.8 Å². The Morgan fingerprint density at radius 3 is 2.00 bits per heavy atom. The second-order valence-corrected chi connectivity index (χ2v) is 5.39. The monoisotopic (exact) mass is 258 g/mol. The quantitative estimate of drug-likeness (QED) is 0.748. The highest BCUT2D eigenvalue weighted by atomic mass is 16.5. The molecule has 1 rings (SSSR count). The summed E-state index contributed by atoms with van der Waals surface area (Å²) in [5.74, 6) is -0.160. The lowest BCUT2D eigenvalue weighted by atomic mass is 9.87. The van der Waals surface area contributed by atoms with Crippen molar-refractivity contribution in [3.05, 3.63) is 0 Å². The van der Waals surface area contributed by atoms with Crippen molar-refractivity contribution in [1.29, 1.82) is 0 Å². The molecule has 5 heteroatoms. The van der Waals surface area contributed by atoms with Crippen LogP contribution in [0, 0.1) is 17.3 Å². The molecular weight excluding hydrogens is 236 g/mol. The van der Waals surface area contributed by atoms with Gasteiger partial charge in [0.05, 0.1) is 0 Å². The van der Waals surface area contributed by atoms with Crippen molar-refractivity contribution in [3.63, 3.8) is 0 Å². The molecule has 5 nitrogen and oxygen atoms in total. The van der Waals surface area contributed by atoms with E-state index in [1.54, 1.807) is 0 Å². The molecule has 0 aromatic carbocycles. The van der Waals surface area contributed by atoms with Gasteiger partial charge in [0, 0.05) is 25.9 Å². The van der Waals surface area contributed by atoms with Crippen LogP contribution in [0.1, 0.15) is 33.6 Å². The number of esters is 2. The third kappa shape index (κ3) is 3.98. The SMILES string of the molecule is CC(=O)OCC1(COC(C)=O)C[C@@H](CO)[C@H](C)C1. The maximum absolute atomic E-state index is 10.9. The Hall–Kier alpha value is -1.10. The van der Waals surface area contributed by atoms with E-state index < -0.39 is 0 Å². The van der Waals surface area contributed by atoms with Gasteiger partial charge in [0.2, 0.25) is 0 Å². The van der Waals surface area contributed by atoms with Crippen LogP contribution in [-0.2, 0) is 19.1 Å². The molecule has 1 aliphatic carbocycles. The van der Waals surface area contributed by atoms with E-state index in [-0.39, 0.29) is 43.1 Å². The normalized spacial score (nSPS) is 25.8. The largest absolute Gasteiger partial charge is 0.465 e. The summed E-state index contributed by atoms with van der Waals surface area (Å²) in [6.45, 7) is 5.39. The molecule has 1 aliphatic rings. The number of aliphatic hydroxyl groups excluding tert-OH is 1. The van der Waals surface area contributed by atoms with E-state index in [0.717, 1.165) is 6.42 Å². The zero-order valence-corrected chi connectivity index (χ0v) is 11.3. The van der Waals surface area contributed by atoms with Crippen molar-refractivity contribution >= 4 is 11.9 Å². The van der Waals surface area contributed by atoms with Crippen LogP contribution in [-0.4, -0.2) is 36.9 Å². The molecule has 1 saturated carbocycles. The first-order valence-electron chi connectivity index (χ1n) is 6.26. The molecule has 0 amide bonds. The first-order valence-corrected chi connectivity index (χ1v) is 6.26. The van der Waals surface area contributed by atoms with Crippen LogP contribution in [0.15, 0.2) is 0 Å². The van der Waals surface area contributed by atoms with E-state index in [9.17, 15) is 14.7 Å². The zero-order valence-electron chi connectivity index (χ0n) is 11.3. The molecule has 0 heterocycles. The fourth-order valence-electron chi connectivity index (χ4n) is 2.72. The maximum Gasteiger partial charge on any atom is 0.302 e. The Morgan fingerprint density at radius 2 is 1.67 bits per heavy atom. The number of ether oxygens (including phenoxy) is 2. The summed E-state index contributed by atoms with van der Waals surface area (Å²) < 4.78 is 10.2. The topological polar surface area (TPSA) is 72.8 Å². The van der Waals surface area contributed by atoms with Gasteiger partial charge in [-0.2, -0.15) is 0 Å². The van der Waals surface area contributed by atoms with Crippen LogP contribution in [0.2, 0.25) is 0 Å². The molecule has 1 fully saturated rings. The minimum Gasteiger partial charge on any atom is -0.465 e. The van der Waals surface area contributed by atoms with E-state index in [1.807, 2.05) is 0 Å². The minimum atomic E-state index is -0.343. The van der Waals surface area contributed by atoms with Crippen molar-refractivity contribution in [3.8, 4) is 0 Å². The fourth-order valence-corrected chi connectivity index (χ4v) is 2.72. The van der Waals surface area contributed by atoms with Crippen molar-refractivity contribution in [2.45, 2.75) is 33.6 Å². The van der Waals surface area contributed by atoms with Gasteiger partial charge in [0.1, 0.15) is 13.2 Å². The predicted molar refractivity (Wildman–Crippen MR) is 64.7 cm³/mol. The van der Waals surface area contributed by atoms with Gasteiger partial charge in [0.25, 0.3) is 0 Å². The van der Waals surface area contributed by atoms with Crippen LogP contribution in [0.3, 0.4) is 0 Å². The molecule has 104 valence electrons. The summed E-state index contributed by atoms with van der Waals surface area (Å²) in [6.07, 6.45) is 1.50. The molecule has 0 bridgehead atoms. The summed E-state index contributed by atoms with van der Waals surface area (Å²) in [5, 5.41) is 9.31. The number of carbonyl (C=O) groups excluding carboxylic acids is 2. The van der Waals surface area contributed by atoms with Gasteiger partial charge < -0.3 is 14.6 Å². The Kier molecular flexibility index (Phi) is 5.14. The van der Waals surface area contributed by atoms with E-state index in [1.165, 1.54) is 13.8 Å². The average molecular weight is 258 g/mol. The van der Waals surface area contributed by atoms with Gasteiger partial charge in [-0.3, -0.25) is 9.59 Å². The van der Waals surface area contributed by atoms with Gasteiger partial charge in [-0.15, -0.1) is 0 Å². The summed E-state index contributed by atoms with van der Waals surface area (Å²) in [4.78, 5) is 21.9. The highest BCUT2D eigenvalue weighted by Crippen LogP contribution is 2.45. The molecular formula is C13H22O5. The molecule has 0 radical (unpaired) electrons. The van der Waals surface area contributed by atoms with Gasteiger partial charge >= 0.3 is 11.9 Å². The highest BCUT2D eigenvalue weighted by Gasteiger charge is 2.45. The number of aliphatic hydroxyl groups is 1. The molecule has 0 aromatic rings. The van der Waals surface area contributed by atoms with Crippen LogP contribution >= 0.6 is 0 Å². The second kappa shape index (κ2) is 6.18. The van der Waals surface area contributed by atoms with Gasteiger partial charge in [0.15, 0.2) is 0 Å². The first kappa shape index (κ1) is 15.0. The highest BCUT2D eigenvalue weighted by molar-refractivity contribution is 5.66. The van der Waals surface area contributed by atoms with Crippen LogP contribution in [0.4, 0.5) is 0 Å². The van der Waals surface area contributed by atoms with Crippen molar-refractivity contribution in [1.82, 2.24) is 0 Å². The minimum absolute atomic E-state index is 0.114. The number of hydrogen-bond donors (Lipinski definition) is 1. The third-order valence-corrected chi connectivity index (χ3v) is 3.65. The molecule has 0 unspecified atom stereocenters. The molecule has 18 heavy (non-hydrogen) atoms. The zero-order chi connectivity index (χ0) is 13.8. The third-order valence-electron chi connectivity index (χ3n) is 3.65. The van der Waals surface area contributed by atoms with Crippen LogP contribution < -0.4 is 0 Å². The summed E-state index contributed by atoms with van der Waals surface area (Å²) in [6, 6.07) is 0. The van der Waals surface area contributed by atoms with E-state index in [2.05, 4.69) is 6.92 Å². The Labute approximate surface area is 107 Å².